The first-order valence-electron chi connectivity index (χ1n) is 10.4. The normalized spacial score (nSPS) is 15.5. The van der Waals surface area contributed by atoms with E-state index in [0.717, 1.165) is 44.2 Å². The molecule has 2 heterocycles. The number of hydrogen-bond donors (Lipinski definition) is 1. The van der Waals surface area contributed by atoms with E-state index in [1.165, 1.54) is 0 Å². The lowest BCUT2D eigenvalue weighted by atomic mass is 10.1. The first kappa shape index (κ1) is 21.3. The summed E-state index contributed by atoms with van der Waals surface area (Å²) >= 11 is 0. The summed E-state index contributed by atoms with van der Waals surface area (Å²) in [5.74, 6) is -1.33. The van der Waals surface area contributed by atoms with Crippen LogP contribution >= 0.6 is 0 Å². The van der Waals surface area contributed by atoms with Gasteiger partial charge in [-0.1, -0.05) is 18.2 Å². The number of amides is 4. The van der Waals surface area contributed by atoms with Gasteiger partial charge in [-0.25, -0.2) is 9.69 Å². The summed E-state index contributed by atoms with van der Waals surface area (Å²) in [7, 11) is 0. The number of nitrogens with zero attached hydrogens (tertiary/aromatic N) is 2. The number of carbonyl (C=O) groups excluding carboxylic acids is 3. The number of hydrogen-bond acceptors (Lipinski definition) is 3. The van der Waals surface area contributed by atoms with E-state index in [1.54, 1.807) is 24.3 Å². The molecule has 6 heteroatoms. The van der Waals surface area contributed by atoms with Gasteiger partial charge in [-0.05, 0) is 93.3 Å². The molecule has 4 rings (SSSR count). The molecule has 0 bridgehead atoms. The Bertz CT molecular complexity index is 1290. The average Bonchev–Trinajstić information content (AvgIpc) is 2.97. The lowest BCUT2D eigenvalue weighted by molar-refractivity contribution is -0.122. The maximum absolute atomic E-state index is 13.2. The fraction of sp³-hybridized carbons (Fsp3) is 0.192. The molecule has 2 aromatic carbocycles. The Morgan fingerprint density at radius 3 is 2.09 bits per heavy atom. The Morgan fingerprint density at radius 2 is 1.44 bits per heavy atom. The van der Waals surface area contributed by atoms with E-state index in [2.05, 4.69) is 41.9 Å². The monoisotopic (exact) mass is 427 g/mol. The van der Waals surface area contributed by atoms with Crippen molar-refractivity contribution in [3.63, 3.8) is 0 Å². The van der Waals surface area contributed by atoms with Gasteiger partial charge in [0.25, 0.3) is 11.8 Å². The summed E-state index contributed by atoms with van der Waals surface area (Å²) in [6.07, 6.45) is 1.56. The minimum Gasteiger partial charge on any atom is -0.318 e. The quantitative estimate of drug-likeness (QED) is 0.487. The summed E-state index contributed by atoms with van der Waals surface area (Å²) in [6, 6.07) is 14.5. The van der Waals surface area contributed by atoms with E-state index < -0.39 is 17.8 Å². The molecule has 1 aromatic heterocycles. The molecular formula is C26H25N3O3. The van der Waals surface area contributed by atoms with Gasteiger partial charge in [-0.2, -0.15) is 0 Å². The number of barbiturate groups is 1. The van der Waals surface area contributed by atoms with Gasteiger partial charge in [0.1, 0.15) is 5.57 Å². The maximum atomic E-state index is 13.2. The summed E-state index contributed by atoms with van der Waals surface area (Å²) in [4.78, 5) is 39.2. The Hall–Kier alpha value is -3.93. The van der Waals surface area contributed by atoms with E-state index in [-0.39, 0.29) is 5.57 Å². The van der Waals surface area contributed by atoms with E-state index in [0.29, 0.717) is 5.69 Å². The SMILES string of the molecule is Cc1cccc(N2C(=O)NC(=O)C(=Cc3cc(C)n(-c4cc(C)cc(C)c4)c3C)C2=O)c1. The first-order chi connectivity index (χ1) is 15.2. The van der Waals surface area contributed by atoms with Gasteiger partial charge in [0, 0.05) is 17.1 Å². The van der Waals surface area contributed by atoms with Crippen LogP contribution in [0.25, 0.3) is 11.8 Å². The van der Waals surface area contributed by atoms with E-state index in [9.17, 15) is 14.4 Å². The second-order valence-electron chi connectivity index (χ2n) is 8.30. The number of nitrogens with one attached hydrogen (secondary N) is 1. The van der Waals surface area contributed by atoms with Gasteiger partial charge in [0.05, 0.1) is 5.69 Å². The standard InChI is InChI=1S/C26H25N3O3/c1-15-7-6-8-21(10-15)29-25(31)23(24(30)27-26(29)32)14-20-13-18(4)28(19(20)5)22-11-16(2)9-17(3)12-22/h6-14H,1-5H3,(H,27,30,32). The van der Waals surface area contributed by atoms with Crippen LogP contribution in [0.3, 0.4) is 0 Å². The van der Waals surface area contributed by atoms with Crippen molar-refractivity contribution in [2.75, 3.05) is 4.90 Å². The summed E-state index contributed by atoms with van der Waals surface area (Å²) in [5, 5.41) is 2.29. The molecule has 32 heavy (non-hydrogen) atoms. The van der Waals surface area contributed by atoms with Crippen LogP contribution in [0.1, 0.15) is 33.6 Å². The molecule has 0 atom stereocenters. The molecule has 6 nitrogen and oxygen atoms in total. The van der Waals surface area contributed by atoms with Crippen LogP contribution in [0.2, 0.25) is 0 Å². The third kappa shape index (κ3) is 3.75. The molecule has 1 N–H and O–H groups in total. The molecule has 4 amide bonds. The Kier molecular flexibility index (Phi) is 5.30. The minimum atomic E-state index is -0.747. The van der Waals surface area contributed by atoms with Crippen LogP contribution in [0.4, 0.5) is 10.5 Å². The third-order valence-electron chi connectivity index (χ3n) is 5.60. The predicted molar refractivity (Wildman–Crippen MR) is 125 cm³/mol. The van der Waals surface area contributed by atoms with Crippen LogP contribution in [0, 0.1) is 34.6 Å². The third-order valence-corrected chi connectivity index (χ3v) is 5.60. The molecule has 1 aliphatic heterocycles. The zero-order valence-corrected chi connectivity index (χ0v) is 18.8. The van der Waals surface area contributed by atoms with Gasteiger partial charge in [0.15, 0.2) is 0 Å². The second kappa shape index (κ2) is 7.96. The molecule has 1 saturated heterocycles. The highest BCUT2D eigenvalue weighted by Crippen LogP contribution is 2.27. The summed E-state index contributed by atoms with van der Waals surface area (Å²) in [6.45, 7) is 9.91. The van der Waals surface area contributed by atoms with Gasteiger partial charge in [-0.3, -0.25) is 14.9 Å². The van der Waals surface area contributed by atoms with Crippen LogP contribution in [-0.2, 0) is 9.59 Å². The molecule has 1 aliphatic rings. The molecule has 0 spiro atoms. The number of benzene rings is 2. The molecule has 0 aliphatic carbocycles. The molecule has 1 fully saturated rings. The Balaban J connectivity index is 1.78. The maximum Gasteiger partial charge on any atom is 0.335 e. The van der Waals surface area contributed by atoms with Crippen LogP contribution in [-0.4, -0.2) is 22.4 Å². The number of carbonyl (C=O) groups is 3. The first-order valence-corrected chi connectivity index (χ1v) is 10.4. The van der Waals surface area contributed by atoms with Crippen molar-refractivity contribution < 1.29 is 14.4 Å². The fourth-order valence-corrected chi connectivity index (χ4v) is 4.23. The van der Waals surface area contributed by atoms with Gasteiger partial charge in [0.2, 0.25) is 0 Å². The Labute approximate surface area is 187 Å². The van der Waals surface area contributed by atoms with Crippen LogP contribution in [0.5, 0.6) is 0 Å². The second-order valence-corrected chi connectivity index (χ2v) is 8.30. The van der Waals surface area contributed by atoms with Crippen molar-refractivity contribution >= 4 is 29.6 Å². The average molecular weight is 428 g/mol. The highest BCUT2D eigenvalue weighted by Gasteiger charge is 2.37. The smallest absolute Gasteiger partial charge is 0.318 e. The summed E-state index contributed by atoms with van der Waals surface area (Å²) in [5.41, 5.74) is 7.22. The Morgan fingerprint density at radius 1 is 0.781 bits per heavy atom. The van der Waals surface area contributed by atoms with Crippen molar-refractivity contribution in [3.8, 4) is 5.69 Å². The topological polar surface area (TPSA) is 71.4 Å². The van der Waals surface area contributed by atoms with Gasteiger partial charge < -0.3 is 4.57 Å². The lowest BCUT2D eigenvalue weighted by Crippen LogP contribution is -2.54. The lowest BCUT2D eigenvalue weighted by Gasteiger charge is -2.26. The van der Waals surface area contributed by atoms with Crippen molar-refractivity contribution in [1.29, 1.82) is 0 Å². The fourth-order valence-electron chi connectivity index (χ4n) is 4.23. The number of aryl methyl sites for hydroxylation is 4. The number of rotatable bonds is 3. The van der Waals surface area contributed by atoms with E-state index >= 15 is 0 Å². The summed E-state index contributed by atoms with van der Waals surface area (Å²) < 4.78 is 2.10. The highest BCUT2D eigenvalue weighted by atomic mass is 16.2. The van der Waals surface area contributed by atoms with Crippen molar-refractivity contribution in [2.24, 2.45) is 0 Å². The van der Waals surface area contributed by atoms with Crippen molar-refractivity contribution in [3.05, 3.63) is 87.7 Å². The largest absolute Gasteiger partial charge is 0.335 e. The van der Waals surface area contributed by atoms with E-state index in [1.807, 2.05) is 32.9 Å². The minimum absolute atomic E-state index is 0.0771. The molecule has 0 radical (unpaired) electrons. The number of imide groups is 2. The molecular weight excluding hydrogens is 402 g/mol. The van der Waals surface area contributed by atoms with Crippen molar-refractivity contribution in [1.82, 2.24) is 9.88 Å². The van der Waals surface area contributed by atoms with Crippen LogP contribution < -0.4 is 10.2 Å². The zero-order chi connectivity index (χ0) is 23.2. The van der Waals surface area contributed by atoms with E-state index in [4.69, 9.17) is 0 Å². The van der Waals surface area contributed by atoms with Gasteiger partial charge >= 0.3 is 6.03 Å². The molecule has 0 saturated carbocycles. The molecule has 3 aromatic rings. The molecule has 0 unspecified atom stereocenters. The predicted octanol–water partition coefficient (Wildman–Crippen LogP) is 4.69. The number of urea groups is 1. The van der Waals surface area contributed by atoms with Crippen LogP contribution in [0.15, 0.2) is 54.1 Å². The van der Waals surface area contributed by atoms with Gasteiger partial charge in [-0.15, -0.1) is 0 Å². The number of anilines is 1. The number of aromatic nitrogens is 1. The molecule has 162 valence electrons. The van der Waals surface area contributed by atoms with Crippen molar-refractivity contribution in [2.45, 2.75) is 34.6 Å². The highest BCUT2D eigenvalue weighted by molar-refractivity contribution is 6.39. The zero-order valence-electron chi connectivity index (χ0n) is 18.8.